The molecule has 0 aliphatic rings. The van der Waals surface area contributed by atoms with Crippen LogP contribution < -0.4 is 10.2 Å². The number of anilines is 1. The predicted molar refractivity (Wildman–Crippen MR) is 99.4 cm³/mol. The second-order valence-electron chi connectivity index (χ2n) is 5.93. The molecule has 1 atom stereocenters. The first-order valence-corrected chi connectivity index (χ1v) is 8.41. The third-order valence-electron chi connectivity index (χ3n) is 4.00. The Labute approximate surface area is 152 Å². The maximum Gasteiger partial charge on any atom is 0.326 e. The summed E-state index contributed by atoms with van der Waals surface area (Å²) in [5, 5.41) is 11.7. The Bertz CT molecular complexity index is 789. The Morgan fingerprint density at radius 3 is 2.31 bits per heavy atom. The summed E-state index contributed by atoms with van der Waals surface area (Å²) >= 11 is 0. The fourth-order valence-electron chi connectivity index (χ4n) is 2.54. The SMILES string of the molecule is CCCC(NC(=O)c1cccc(C(=O)N(C)c2ccccc2)c1)C(=O)O. The predicted octanol–water partition coefficient (Wildman–Crippen LogP) is 2.95. The van der Waals surface area contributed by atoms with E-state index in [9.17, 15) is 14.4 Å². The lowest BCUT2D eigenvalue weighted by molar-refractivity contribution is -0.139. The van der Waals surface area contributed by atoms with Crippen LogP contribution in [-0.2, 0) is 4.79 Å². The molecule has 0 aromatic heterocycles. The summed E-state index contributed by atoms with van der Waals surface area (Å²) in [6, 6.07) is 14.5. The van der Waals surface area contributed by atoms with Crippen LogP contribution in [0.25, 0.3) is 0 Å². The summed E-state index contributed by atoms with van der Waals surface area (Å²) in [6.45, 7) is 1.85. The number of hydrogen-bond acceptors (Lipinski definition) is 3. The summed E-state index contributed by atoms with van der Waals surface area (Å²) < 4.78 is 0. The Balaban J connectivity index is 2.17. The third-order valence-corrected chi connectivity index (χ3v) is 4.00. The Morgan fingerprint density at radius 2 is 1.69 bits per heavy atom. The highest BCUT2D eigenvalue weighted by molar-refractivity contribution is 6.07. The van der Waals surface area contributed by atoms with E-state index in [0.29, 0.717) is 18.4 Å². The Morgan fingerprint density at radius 1 is 1.04 bits per heavy atom. The van der Waals surface area contributed by atoms with Crippen LogP contribution in [0.1, 0.15) is 40.5 Å². The molecule has 2 N–H and O–H groups in total. The quantitative estimate of drug-likeness (QED) is 0.800. The largest absolute Gasteiger partial charge is 0.480 e. The maximum atomic E-state index is 12.7. The van der Waals surface area contributed by atoms with Crippen LogP contribution in [0.2, 0.25) is 0 Å². The van der Waals surface area contributed by atoms with Gasteiger partial charge in [-0.2, -0.15) is 0 Å². The minimum Gasteiger partial charge on any atom is -0.480 e. The molecule has 2 rings (SSSR count). The van der Waals surface area contributed by atoms with Gasteiger partial charge in [-0.25, -0.2) is 4.79 Å². The lowest BCUT2D eigenvalue weighted by Crippen LogP contribution is -2.40. The minimum absolute atomic E-state index is 0.250. The first kappa shape index (κ1) is 19.2. The van der Waals surface area contributed by atoms with Crippen molar-refractivity contribution in [2.24, 2.45) is 0 Å². The molecule has 26 heavy (non-hydrogen) atoms. The smallest absolute Gasteiger partial charge is 0.326 e. The molecule has 0 spiro atoms. The lowest BCUT2D eigenvalue weighted by atomic mass is 10.1. The van der Waals surface area contributed by atoms with Crippen LogP contribution >= 0.6 is 0 Å². The van der Waals surface area contributed by atoms with Crippen LogP contribution in [0.4, 0.5) is 5.69 Å². The molecule has 6 heteroatoms. The van der Waals surface area contributed by atoms with Crippen molar-refractivity contribution in [1.29, 1.82) is 0 Å². The van der Waals surface area contributed by atoms with Crippen LogP contribution in [0, 0.1) is 0 Å². The number of nitrogens with one attached hydrogen (secondary N) is 1. The summed E-state index contributed by atoms with van der Waals surface area (Å²) in [5.41, 5.74) is 1.34. The fourth-order valence-corrected chi connectivity index (χ4v) is 2.54. The van der Waals surface area contributed by atoms with E-state index < -0.39 is 17.9 Å². The van der Waals surface area contributed by atoms with E-state index in [-0.39, 0.29) is 11.5 Å². The summed E-state index contributed by atoms with van der Waals surface area (Å²) in [6.07, 6.45) is 0.980. The molecule has 0 heterocycles. The number of carboxylic acid groups (broad SMARTS) is 1. The number of benzene rings is 2. The monoisotopic (exact) mass is 354 g/mol. The van der Waals surface area contributed by atoms with Crippen molar-refractivity contribution in [3.05, 3.63) is 65.7 Å². The van der Waals surface area contributed by atoms with Gasteiger partial charge >= 0.3 is 5.97 Å². The van der Waals surface area contributed by atoms with Crippen molar-refractivity contribution >= 4 is 23.5 Å². The highest BCUT2D eigenvalue weighted by atomic mass is 16.4. The van der Waals surface area contributed by atoms with Crippen LogP contribution in [0.5, 0.6) is 0 Å². The van der Waals surface area contributed by atoms with E-state index >= 15 is 0 Å². The molecule has 6 nitrogen and oxygen atoms in total. The second-order valence-corrected chi connectivity index (χ2v) is 5.93. The fraction of sp³-hybridized carbons (Fsp3) is 0.250. The molecule has 2 aromatic carbocycles. The highest BCUT2D eigenvalue weighted by Gasteiger charge is 2.21. The number of carboxylic acids is 1. The van der Waals surface area contributed by atoms with Crippen molar-refractivity contribution in [1.82, 2.24) is 5.32 Å². The zero-order chi connectivity index (χ0) is 19.1. The van der Waals surface area contributed by atoms with Crippen molar-refractivity contribution in [2.45, 2.75) is 25.8 Å². The average Bonchev–Trinajstić information content (AvgIpc) is 2.67. The van der Waals surface area contributed by atoms with Gasteiger partial charge in [-0.15, -0.1) is 0 Å². The average molecular weight is 354 g/mol. The molecular formula is C20H22N2O4. The van der Waals surface area contributed by atoms with Crippen LogP contribution in [-0.4, -0.2) is 36.0 Å². The summed E-state index contributed by atoms with van der Waals surface area (Å²) in [7, 11) is 1.66. The number of amides is 2. The van der Waals surface area contributed by atoms with Gasteiger partial charge in [0.1, 0.15) is 6.04 Å². The number of nitrogens with zero attached hydrogens (tertiary/aromatic N) is 1. The lowest BCUT2D eigenvalue weighted by Gasteiger charge is -2.18. The van der Waals surface area contributed by atoms with E-state index in [1.54, 1.807) is 25.2 Å². The van der Waals surface area contributed by atoms with Crippen LogP contribution in [0.15, 0.2) is 54.6 Å². The molecule has 0 bridgehead atoms. The first-order chi connectivity index (χ1) is 12.4. The Hall–Kier alpha value is -3.15. The molecule has 1 unspecified atom stereocenters. The molecule has 136 valence electrons. The Kier molecular flexibility index (Phi) is 6.49. The first-order valence-electron chi connectivity index (χ1n) is 8.41. The van der Waals surface area contributed by atoms with Gasteiger partial charge in [-0.05, 0) is 36.8 Å². The van der Waals surface area contributed by atoms with Gasteiger partial charge in [0.05, 0.1) is 0 Å². The molecule has 0 saturated heterocycles. The van der Waals surface area contributed by atoms with Crippen molar-refractivity contribution < 1.29 is 19.5 Å². The molecule has 2 aromatic rings. The molecule has 0 fully saturated rings. The van der Waals surface area contributed by atoms with Crippen molar-refractivity contribution in [3.63, 3.8) is 0 Å². The third kappa shape index (κ3) is 4.69. The standard InChI is InChI=1S/C20H22N2O4/c1-3-8-17(20(25)26)21-18(23)14-9-7-10-15(13-14)19(24)22(2)16-11-5-4-6-12-16/h4-7,9-13,17H,3,8H2,1-2H3,(H,21,23)(H,25,26). The van der Waals surface area contributed by atoms with Crippen LogP contribution in [0.3, 0.4) is 0 Å². The van der Waals surface area contributed by atoms with Crippen molar-refractivity contribution in [2.75, 3.05) is 11.9 Å². The number of para-hydroxylation sites is 1. The van der Waals surface area contributed by atoms with Gasteiger partial charge in [0.15, 0.2) is 0 Å². The van der Waals surface area contributed by atoms with Gasteiger partial charge in [-0.1, -0.05) is 37.6 Å². The van der Waals surface area contributed by atoms with E-state index in [1.807, 2.05) is 37.3 Å². The molecule has 0 saturated carbocycles. The maximum absolute atomic E-state index is 12.7. The number of carbonyl (C=O) groups is 3. The number of carbonyl (C=O) groups excluding carboxylic acids is 2. The number of aliphatic carboxylic acids is 1. The van der Waals surface area contributed by atoms with E-state index in [1.165, 1.54) is 11.0 Å². The zero-order valence-electron chi connectivity index (χ0n) is 14.8. The van der Waals surface area contributed by atoms with Gasteiger partial charge in [0.25, 0.3) is 11.8 Å². The highest BCUT2D eigenvalue weighted by Crippen LogP contribution is 2.16. The van der Waals surface area contributed by atoms with Gasteiger partial charge < -0.3 is 15.3 Å². The second kappa shape index (κ2) is 8.80. The zero-order valence-corrected chi connectivity index (χ0v) is 14.8. The van der Waals surface area contributed by atoms with E-state index in [2.05, 4.69) is 5.32 Å². The molecule has 0 radical (unpaired) electrons. The summed E-state index contributed by atoms with van der Waals surface area (Å²) in [5.74, 6) is -1.84. The number of hydrogen-bond donors (Lipinski definition) is 2. The molecule has 2 amide bonds. The molecule has 0 aliphatic heterocycles. The minimum atomic E-state index is -1.07. The summed E-state index contributed by atoms with van der Waals surface area (Å²) in [4.78, 5) is 37.7. The van der Waals surface area contributed by atoms with Gasteiger partial charge in [0.2, 0.25) is 0 Å². The van der Waals surface area contributed by atoms with E-state index in [0.717, 1.165) is 5.69 Å². The van der Waals surface area contributed by atoms with Crippen molar-refractivity contribution in [3.8, 4) is 0 Å². The van der Waals surface area contributed by atoms with Gasteiger partial charge in [0, 0.05) is 23.9 Å². The van der Waals surface area contributed by atoms with E-state index in [4.69, 9.17) is 5.11 Å². The number of rotatable bonds is 7. The molecule has 0 aliphatic carbocycles. The molecular weight excluding hydrogens is 332 g/mol. The van der Waals surface area contributed by atoms with Gasteiger partial charge in [-0.3, -0.25) is 9.59 Å². The topological polar surface area (TPSA) is 86.7 Å². The normalized spacial score (nSPS) is 11.5.